The van der Waals surface area contributed by atoms with Crippen LogP contribution in [0.2, 0.25) is 0 Å². The molecule has 4 rings (SSSR count). The van der Waals surface area contributed by atoms with Crippen LogP contribution >= 0.6 is 0 Å². The van der Waals surface area contributed by atoms with E-state index in [4.69, 9.17) is 9.72 Å². The highest BCUT2D eigenvalue weighted by atomic mass is 19.4. The molecule has 2 saturated heterocycles. The predicted octanol–water partition coefficient (Wildman–Crippen LogP) is 4.19. The minimum Gasteiger partial charge on any atom is -0.381 e. The number of aromatic nitrogens is 3. The lowest BCUT2D eigenvalue weighted by Crippen LogP contribution is -2.35. The number of nitriles is 1. The summed E-state index contributed by atoms with van der Waals surface area (Å²) in [7, 11) is 0. The van der Waals surface area contributed by atoms with Gasteiger partial charge in [-0.1, -0.05) is 0 Å². The molecule has 164 valence electrons. The van der Waals surface area contributed by atoms with E-state index < -0.39 is 17.2 Å². The molecule has 0 saturated carbocycles. The van der Waals surface area contributed by atoms with E-state index in [0.717, 1.165) is 37.7 Å². The summed E-state index contributed by atoms with van der Waals surface area (Å²) >= 11 is 0. The quantitative estimate of drug-likeness (QED) is 0.775. The van der Waals surface area contributed by atoms with Crippen LogP contribution in [-0.2, 0) is 16.3 Å². The van der Waals surface area contributed by atoms with Gasteiger partial charge in [-0.2, -0.15) is 23.4 Å². The van der Waals surface area contributed by atoms with E-state index in [1.54, 1.807) is 6.07 Å². The molecule has 2 fully saturated rings. The molecule has 31 heavy (non-hydrogen) atoms. The second-order valence-electron chi connectivity index (χ2n) is 7.98. The van der Waals surface area contributed by atoms with Crippen LogP contribution in [0.1, 0.15) is 43.9 Å². The molecule has 4 heterocycles. The normalized spacial score (nSPS) is 21.0. The SMILES string of the molecule is CC1CCCN1c1nc(Nc2cc(C(F)(F)F)ccn2)cc(C2(C#N)CCOCC2)n1. The van der Waals surface area contributed by atoms with Crippen LogP contribution in [0.4, 0.5) is 30.8 Å². The molecule has 1 N–H and O–H groups in total. The van der Waals surface area contributed by atoms with Gasteiger partial charge in [0.05, 0.1) is 17.3 Å². The lowest BCUT2D eigenvalue weighted by Gasteiger charge is -2.31. The van der Waals surface area contributed by atoms with E-state index in [2.05, 4.69) is 33.2 Å². The van der Waals surface area contributed by atoms with E-state index >= 15 is 0 Å². The number of rotatable bonds is 4. The largest absolute Gasteiger partial charge is 0.416 e. The van der Waals surface area contributed by atoms with Gasteiger partial charge in [-0.15, -0.1) is 0 Å². The molecule has 2 aromatic heterocycles. The third-order valence-electron chi connectivity index (χ3n) is 5.92. The van der Waals surface area contributed by atoms with Gasteiger partial charge in [-0.3, -0.25) is 0 Å². The first kappa shape index (κ1) is 21.3. The van der Waals surface area contributed by atoms with Crippen molar-refractivity contribution in [1.82, 2.24) is 15.0 Å². The first-order valence-corrected chi connectivity index (χ1v) is 10.3. The standard InChI is InChI=1S/C21H23F3N6O/c1-14-3-2-8-30(14)19-27-16(20(13-25)5-9-31-10-6-20)12-18(29-19)28-17-11-15(4-7-26-17)21(22,23)24/h4,7,11-12,14H,2-3,5-6,8-10H2,1H3,(H,26,27,28,29). The molecule has 0 aliphatic carbocycles. The van der Waals surface area contributed by atoms with Crippen LogP contribution < -0.4 is 10.2 Å². The summed E-state index contributed by atoms with van der Waals surface area (Å²) in [6.07, 6.45) is -0.370. The Labute approximate surface area is 178 Å². The third-order valence-corrected chi connectivity index (χ3v) is 5.92. The fraction of sp³-hybridized carbons (Fsp3) is 0.524. The average molecular weight is 432 g/mol. The first-order chi connectivity index (χ1) is 14.8. The number of pyridine rings is 1. The van der Waals surface area contributed by atoms with E-state index in [1.807, 2.05) is 0 Å². The lowest BCUT2D eigenvalue weighted by atomic mass is 9.78. The fourth-order valence-corrected chi connectivity index (χ4v) is 4.05. The predicted molar refractivity (Wildman–Crippen MR) is 108 cm³/mol. The Hall–Kier alpha value is -2.93. The summed E-state index contributed by atoms with van der Waals surface area (Å²) in [5.41, 5.74) is -1.07. The van der Waals surface area contributed by atoms with Gasteiger partial charge in [0.2, 0.25) is 5.95 Å². The smallest absolute Gasteiger partial charge is 0.381 e. The van der Waals surface area contributed by atoms with Crippen LogP contribution in [0.5, 0.6) is 0 Å². The van der Waals surface area contributed by atoms with Crippen LogP contribution in [0.25, 0.3) is 0 Å². The monoisotopic (exact) mass is 432 g/mol. The Morgan fingerprint density at radius 3 is 2.65 bits per heavy atom. The maximum absolute atomic E-state index is 13.1. The van der Waals surface area contributed by atoms with E-state index in [1.165, 1.54) is 0 Å². The van der Waals surface area contributed by atoms with Crippen molar-refractivity contribution in [2.45, 2.75) is 50.2 Å². The van der Waals surface area contributed by atoms with Gasteiger partial charge in [0, 0.05) is 38.1 Å². The van der Waals surface area contributed by atoms with Gasteiger partial charge >= 0.3 is 6.18 Å². The molecule has 0 bridgehead atoms. The van der Waals surface area contributed by atoms with E-state index in [-0.39, 0.29) is 11.9 Å². The molecular weight excluding hydrogens is 409 g/mol. The summed E-state index contributed by atoms with van der Waals surface area (Å²) in [4.78, 5) is 15.4. The summed E-state index contributed by atoms with van der Waals surface area (Å²) < 4.78 is 44.7. The third kappa shape index (κ3) is 4.42. The van der Waals surface area contributed by atoms with Crippen molar-refractivity contribution in [3.05, 3.63) is 35.7 Å². The highest BCUT2D eigenvalue weighted by molar-refractivity contribution is 5.56. The maximum atomic E-state index is 13.1. The number of nitrogens with one attached hydrogen (secondary N) is 1. The zero-order chi connectivity index (χ0) is 22.1. The van der Waals surface area contributed by atoms with Crippen molar-refractivity contribution in [1.29, 1.82) is 5.26 Å². The molecule has 1 atom stereocenters. The van der Waals surface area contributed by atoms with Crippen molar-refractivity contribution in [2.24, 2.45) is 0 Å². The molecule has 0 spiro atoms. The summed E-state index contributed by atoms with van der Waals surface area (Å²) in [6, 6.07) is 6.14. The first-order valence-electron chi connectivity index (χ1n) is 10.3. The number of halogens is 3. The summed E-state index contributed by atoms with van der Waals surface area (Å²) in [5, 5.41) is 12.9. The summed E-state index contributed by atoms with van der Waals surface area (Å²) in [6.45, 7) is 3.77. The second-order valence-corrected chi connectivity index (χ2v) is 7.98. The topological polar surface area (TPSA) is 87.0 Å². The number of hydrogen-bond acceptors (Lipinski definition) is 7. The summed E-state index contributed by atoms with van der Waals surface area (Å²) in [5.74, 6) is 0.808. The van der Waals surface area contributed by atoms with Crippen LogP contribution in [-0.4, -0.2) is 40.8 Å². The Balaban J connectivity index is 1.74. The Kier molecular flexibility index (Phi) is 5.71. The minimum atomic E-state index is -4.47. The molecule has 0 amide bonds. The van der Waals surface area contributed by atoms with Crippen LogP contribution in [0.15, 0.2) is 24.4 Å². The highest BCUT2D eigenvalue weighted by Crippen LogP contribution is 2.36. The molecule has 2 aliphatic heterocycles. The van der Waals surface area contributed by atoms with Gasteiger partial charge in [0.15, 0.2) is 0 Å². The van der Waals surface area contributed by atoms with E-state index in [0.29, 0.717) is 43.5 Å². The second kappa shape index (κ2) is 8.30. The zero-order valence-electron chi connectivity index (χ0n) is 17.1. The number of ether oxygens (including phenoxy) is 1. The molecule has 2 aliphatic rings. The molecule has 0 aromatic carbocycles. The van der Waals surface area contributed by atoms with Crippen molar-refractivity contribution < 1.29 is 17.9 Å². The lowest BCUT2D eigenvalue weighted by molar-refractivity contribution is -0.137. The van der Waals surface area contributed by atoms with Gasteiger partial charge in [-0.05, 0) is 44.7 Å². The Morgan fingerprint density at radius 2 is 2.00 bits per heavy atom. The molecule has 1 unspecified atom stereocenters. The molecular formula is C21H23F3N6O. The van der Waals surface area contributed by atoms with Gasteiger partial charge in [0.25, 0.3) is 0 Å². The number of alkyl halides is 3. The molecule has 2 aromatic rings. The average Bonchev–Trinajstić information content (AvgIpc) is 3.19. The number of nitrogens with zero attached hydrogens (tertiary/aromatic N) is 5. The fourth-order valence-electron chi connectivity index (χ4n) is 4.05. The zero-order valence-corrected chi connectivity index (χ0v) is 17.1. The number of hydrogen-bond donors (Lipinski definition) is 1. The van der Waals surface area contributed by atoms with Gasteiger partial charge in [-0.25, -0.2) is 9.97 Å². The Bertz CT molecular complexity index is 984. The van der Waals surface area contributed by atoms with Crippen LogP contribution in [0, 0.1) is 11.3 Å². The van der Waals surface area contributed by atoms with Crippen molar-refractivity contribution >= 4 is 17.6 Å². The highest BCUT2D eigenvalue weighted by Gasteiger charge is 2.38. The van der Waals surface area contributed by atoms with Crippen molar-refractivity contribution in [3.63, 3.8) is 0 Å². The number of anilines is 3. The van der Waals surface area contributed by atoms with Gasteiger partial charge < -0.3 is 15.0 Å². The molecule has 7 nitrogen and oxygen atoms in total. The van der Waals surface area contributed by atoms with Crippen LogP contribution in [0.3, 0.4) is 0 Å². The van der Waals surface area contributed by atoms with Gasteiger partial charge in [0.1, 0.15) is 17.1 Å². The van der Waals surface area contributed by atoms with Crippen molar-refractivity contribution in [2.75, 3.05) is 30.0 Å². The van der Waals surface area contributed by atoms with E-state index in [9.17, 15) is 18.4 Å². The maximum Gasteiger partial charge on any atom is 0.416 e. The molecule has 0 radical (unpaired) electrons. The van der Waals surface area contributed by atoms with Crippen molar-refractivity contribution in [3.8, 4) is 6.07 Å². The molecule has 10 heteroatoms. The minimum absolute atomic E-state index is 0.0258. The Morgan fingerprint density at radius 1 is 1.23 bits per heavy atom.